The van der Waals surface area contributed by atoms with Crippen molar-refractivity contribution in [3.05, 3.63) is 39.9 Å². The minimum atomic E-state index is 0.855. The maximum Gasteiger partial charge on any atom is 0.0480 e. The van der Waals surface area contributed by atoms with Crippen molar-refractivity contribution in [2.75, 3.05) is 13.1 Å². The standard InChI is InChI=1S/C13H16ClN/c1-10-4-5-12(13(14)7-10)8-11-3-2-6-15-9-11/h4-5,7-8,15H,2-3,6,9H2,1H3/b11-8-. The predicted octanol–water partition coefficient (Wildman–Crippen LogP) is 3.42. The van der Waals surface area contributed by atoms with E-state index in [0.29, 0.717) is 0 Å². The lowest BCUT2D eigenvalue weighted by atomic mass is 10.0. The normalized spacial score (nSPS) is 19.5. The summed E-state index contributed by atoms with van der Waals surface area (Å²) in [5.41, 5.74) is 3.80. The van der Waals surface area contributed by atoms with E-state index in [4.69, 9.17) is 11.6 Å². The van der Waals surface area contributed by atoms with Gasteiger partial charge in [0.15, 0.2) is 0 Å². The fourth-order valence-electron chi connectivity index (χ4n) is 1.87. The van der Waals surface area contributed by atoms with Crippen LogP contribution in [0.5, 0.6) is 0 Å². The number of halogens is 1. The van der Waals surface area contributed by atoms with Gasteiger partial charge in [-0.15, -0.1) is 0 Å². The Balaban J connectivity index is 2.22. The van der Waals surface area contributed by atoms with E-state index in [1.807, 2.05) is 6.07 Å². The molecular weight excluding hydrogens is 206 g/mol. The van der Waals surface area contributed by atoms with Gasteiger partial charge in [0.1, 0.15) is 0 Å². The lowest BCUT2D eigenvalue weighted by molar-refractivity contribution is 0.613. The molecule has 1 aromatic rings. The minimum absolute atomic E-state index is 0.855. The molecule has 0 bridgehead atoms. The van der Waals surface area contributed by atoms with E-state index < -0.39 is 0 Å². The second-order valence-corrected chi connectivity index (χ2v) is 4.52. The molecule has 1 fully saturated rings. The third-order valence-corrected chi connectivity index (χ3v) is 3.05. The Bertz CT molecular complexity index is 374. The second kappa shape index (κ2) is 4.82. The third-order valence-electron chi connectivity index (χ3n) is 2.72. The first-order chi connectivity index (χ1) is 7.25. The van der Waals surface area contributed by atoms with Crippen LogP contribution >= 0.6 is 11.6 Å². The van der Waals surface area contributed by atoms with Crippen LogP contribution in [0.4, 0.5) is 0 Å². The molecule has 15 heavy (non-hydrogen) atoms. The molecular formula is C13H16ClN. The molecule has 0 spiro atoms. The fourth-order valence-corrected chi connectivity index (χ4v) is 2.16. The maximum absolute atomic E-state index is 6.18. The number of nitrogens with one attached hydrogen (secondary N) is 1. The molecule has 0 aromatic heterocycles. The average molecular weight is 222 g/mol. The molecule has 1 aliphatic heterocycles. The smallest absolute Gasteiger partial charge is 0.0480 e. The average Bonchev–Trinajstić information content (AvgIpc) is 2.24. The van der Waals surface area contributed by atoms with Crippen LogP contribution in [0.15, 0.2) is 23.8 Å². The number of hydrogen-bond acceptors (Lipinski definition) is 1. The van der Waals surface area contributed by atoms with E-state index >= 15 is 0 Å². The van der Waals surface area contributed by atoms with Crippen molar-refractivity contribution in [2.45, 2.75) is 19.8 Å². The van der Waals surface area contributed by atoms with Gasteiger partial charge in [0.25, 0.3) is 0 Å². The number of benzene rings is 1. The highest BCUT2D eigenvalue weighted by Gasteiger charge is 2.05. The Morgan fingerprint density at radius 1 is 1.40 bits per heavy atom. The van der Waals surface area contributed by atoms with Crippen LogP contribution in [0.2, 0.25) is 5.02 Å². The van der Waals surface area contributed by atoms with Gasteiger partial charge in [0.05, 0.1) is 0 Å². The highest BCUT2D eigenvalue weighted by Crippen LogP contribution is 2.22. The van der Waals surface area contributed by atoms with E-state index in [2.05, 4.69) is 30.4 Å². The summed E-state index contributed by atoms with van der Waals surface area (Å²) in [6.07, 6.45) is 4.64. The molecule has 0 atom stereocenters. The molecule has 1 heterocycles. The molecule has 1 aromatic carbocycles. The topological polar surface area (TPSA) is 12.0 Å². The van der Waals surface area contributed by atoms with E-state index in [1.54, 1.807) is 0 Å². The molecule has 2 rings (SSSR count). The van der Waals surface area contributed by atoms with Crippen molar-refractivity contribution in [1.82, 2.24) is 5.32 Å². The van der Waals surface area contributed by atoms with Crippen LogP contribution in [-0.2, 0) is 0 Å². The SMILES string of the molecule is Cc1ccc(/C=C2/CCCNC2)c(Cl)c1. The van der Waals surface area contributed by atoms with Crippen LogP contribution in [0.25, 0.3) is 6.08 Å². The fraction of sp³-hybridized carbons (Fsp3) is 0.385. The quantitative estimate of drug-likeness (QED) is 0.767. The molecule has 1 nitrogen and oxygen atoms in total. The van der Waals surface area contributed by atoms with Gasteiger partial charge in [-0.05, 0) is 43.5 Å². The lowest BCUT2D eigenvalue weighted by Crippen LogP contribution is -2.23. The summed E-state index contributed by atoms with van der Waals surface area (Å²) < 4.78 is 0. The van der Waals surface area contributed by atoms with Crippen molar-refractivity contribution in [2.24, 2.45) is 0 Å². The molecule has 0 amide bonds. The summed E-state index contributed by atoms with van der Waals surface area (Å²) in [5.74, 6) is 0. The monoisotopic (exact) mass is 221 g/mol. The first-order valence-electron chi connectivity index (χ1n) is 5.42. The van der Waals surface area contributed by atoms with Gasteiger partial charge in [-0.3, -0.25) is 0 Å². The summed E-state index contributed by atoms with van der Waals surface area (Å²) in [5, 5.41) is 4.23. The van der Waals surface area contributed by atoms with Crippen molar-refractivity contribution in [3.63, 3.8) is 0 Å². The van der Waals surface area contributed by atoms with Crippen molar-refractivity contribution < 1.29 is 0 Å². The van der Waals surface area contributed by atoms with Crippen molar-refractivity contribution >= 4 is 17.7 Å². The van der Waals surface area contributed by atoms with Crippen LogP contribution in [0.1, 0.15) is 24.0 Å². The highest BCUT2D eigenvalue weighted by atomic mass is 35.5. The molecule has 1 N–H and O–H groups in total. The summed E-state index contributed by atoms with van der Waals surface area (Å²) in [4.78, 5) is 0. The Morgan fingerprint density at radius 3 is 2.93 bits per heavy atom. The van der Waals surface area contributed by atoms with Crippen LogP contribution in [0.3, 0.4) is 0 Å². The Labute approximate surface area is 96.1 Å². The zero-order chi connectivity index (χ0) is 10.7. The molecule has 1 saturated heterocycles. The van der Waals surface area contributed by atoms with Crippen LogP contribution in [0, 0.1) is 6.92 Å². The maximum atomic E-state index is 6.18. The molecule has 2 heteroatoms. The summed E-state index contributed by atoms with van der Waals surface area (Å²) in [6.45, 7) is 4.20. The first-order valence-corrected chi connectivity index (χ1v) is 5.80. The zero-order valence-electron chi connectivity index (χ0n) is 9.02. The van der Waals surface area contributed by atoms with E-state index in [-0.39, 0.29) is 0 Å². The number of rotatable bonds is 1. The summed E-state index contributed by atoms with van der Waals surface area (Å²) >= 11 is 6.18. The number of piperidine rings is 1. The van der Waals surface area contributed by atoms with E-state index in [9.17, 15) is 0 Å². The van der Waals surface area contributed by atoms with Gasteiger partial charge in [-0.25, -0.2) is 0 Å². The number of hydrogen-bond donors (Lipinski definition) is 1. The Kier molecular flexibility index (Phi) is 3.45. The lowest BCUT2D eigenvalue weighted by Gasteiger charge is -2.15. The molecule has 1 aliphatic rings. The van der Waals surface area contributed by atoms with Gasteiger partial charge in [0, 0.05) is 11.6 Å². The summed E-state index contributed by atoms with van der Waals surface area (Å²) in [7, 11) is 0. The van der Waals surface area contributed by atoms with E-state index in [1.165, 1.54) is 24.0 Å². The third kappa shape index (κ3) is 2.83. The molecule has 80 valence electrons. The predicted molar refractivity (Wildman–Crippen MR) is 66.3 cm³/mol. The minimum Gasteiger partial charge on any atom is -0.313 e. The second-order valence-electron chi connectivity index (χ2n) is 4.11. The Hall–Kier alpha value is -0.790. The number of aryl methyl sites for hydroxylation is 1. The largest absolute Gasteiger partial charge is 0.313 e. The van der Waals surface area contributed by atoms with E-state index in [0.717, 1.165) is 23.7 Å². The van der Waals surface area contributed by atoms with Gasteiger partial charge in [-0.1, -0.05) is 35.4 Å². The van der Waals surface area contributed by atoms with Gasteiger partial charge in [-0.2, -0.15) is 0 Å². The van der Waals surface area contributed by atoms with Crippen LogP contribution < -0.4 is 5.32 Å². The first kappa shape index (κ1) is 10.7. The van der Waals surface area contributed by atoms with Crippen molar-refractivity contribution in [1.29, 1.82) is 0 Å². The van der Waals surface area contributed by atoms with Crippen molar-refractivity contribution in [3.8, 4) is 0 Å². The van der Waals surface area contributed by atoms with Gasteiger partial charge in [0.2, 0.25) is 0 Å². The molecule has 0 unspecified atom stereocenters. The van der Waals surface area contributed by atoms with Crippen LogP contribution in [-0.4, -0.2) is 13.1 Å². The highest BCUT2D eigenvalue weighted by molar-refractivity contribution is 6.32. The Morgan fingerprint density at radius 2 is 2.27 bits per heavy atom. The molecule has 0 saturated carbocycles. The molecule has 0 radical (unpaired) electrons. The summed E-state index contributed by atoms with van der Waals surface area (Å²) in [6, 6.07) is 6.22. The van der Waals surface area contributed by atoms with Gasteiger partial charge < -0.3 is 5.32 Å². The zero-order valence-corrected chi connectivity index (χ0v) is 9.77. The molecule has 0 aliphatic carbocycles. The van der Waals surface area contributed by atoms with Gasteiger partial charge >= 0.3 is 0 Å².